The second-order valence-electron chi connectivity index (χ2n) is 5.01. The average Bonchev–Trinajstić information content (AvgIpc) is 3.01. The Hall–Kier alpha value is -1.72. The Bertz CT molecular complexity index is 597. The predicted molar refractivity (Wildman–Crippen MR) is 80.9 cm³/mol. The molecule has 20 heavy (non-hydrogen) atoms. The highest BCUT2D eigenvalue weighted by molar-refractivity contribution is 7.07. The van der Waals surface area contributed by atoms with Crippen LogP contribution < -0.4 is 5.32 Å². The van der Waals surface area contributed by atoms with E-state index >= 15 is 0 Å². The molecule has 0 spiro atoms. The summed E-state index contributed by atoms with van der Waals surface area (Å²) in [5.41, 5.74) is 4.48. The standard InChI is InChI=1S/C15H17N3OS/c1-11-8-16-5-6-18(11)15(19)13-4-2-3-12(7-13)14-9-20-10-17-14/h2-4,7,9-11,16H,5-6,8H2,1H3/t11-/m1/s1. The first kappa shape index (κ1) is 13.3. The molecule has 1 aromatic carbocycles. The second-order valence-corrected chi connectivity index (χ2v) is 5.72. The number of aromatic nitrogens is 1. The van der Waals surface area contributed by atoms with Gasteiger partial charge in [-0.25, -0.2) is 4.98 Å². The highest BCUT2D eigenvalue weighted by Crippen LogP contribution is 2.21. The summed E-state index contributed by atoms with van der Waals surface area (Å²) in [7, 11) is 0. The Labute approximate surface area is 122 Å². The van der Waals surface area contributed by atoms with Gasteiger partial charge in [0.05, 0.1) is 11.2 Å². The van der Waals surface area contributed by atoms with Crippen LogP contribution in [0.2, 0.25) is 0 Å². The van der Waals surface area contributed by atoms with E-state index in [-0.39, 0.29) is 11.9 Å². The van der Waals surface area contributed by atoms with Crippen LogP contribution >= 0.6 is 11.3 Å². The van der Waals surface area contributed by atoms with Crippen molar-refractivity contribution in [3.8, 4) is 11.3 Å². The highest BCUT2D eigenvalue weighted by Gasteiger charge is 2.24. The topological polar surface area (TPSA) is 45.2 Å². The molecule has 4 nitrogen and oxygen atoms in total. The molecule has 5 heteroatoms. The number of amides is 1. The van der Waals surface area contributed by atoms with Gasteiger partial charge in [-0.15, -0.1) is 11.3 Å². The Balaban J connectivity index is 1.86. The molecule has 0 aliphatic carbocycles. The smallest absolute Gasteiger partial charge is 0.254 e. The van der Waals surface area contributed by atoms with Crippen molar-refractivity contribution in [2.24, 2.45) is 0 Å². The van der Waals surface area contributed by atoms with Crippen molar-refractivity contribution in [3.05, 3.63) is 40.7 Å². The summed E-state index contributed by atoms with van der Waals surface area (Å²) in [6.45, 7) is 4.56. The zero-order valence-corrected chi connectivity index (χ0v) is 12.2. The van der Waals surface area contributed by atoms with Crippen LogP contribution in [-0.2, 0) is 0 Å². The molecule has 1 aliphatic rings. The molecule has 1 fully saturated rings. The number of rotatable bonds is 2. The first-order chi connectivity index (χ1) is 9.75. The van der Waals surface area contributed by atoms with Crippen LogP contribution in [-0.4, -0.2) is 41.5 Å². The van der Waals surface area contributed by atoms with Crippen molar-refractivity contribution in [1.82, 2.24) is 15.2 Å². The summed E-state index contributed by atoms with van der Waals surface area (Å²) in [6.07, 6.45) is 0. The van der Waals surface area contributed by atoms with Crippen molar-refractivity contribution < 1.29 is 4.79 Å². The Morgan fingerprint density at radius 1 is 1.50 bits per heavy atom. The molecule has 0 bridgehead atoms. The van der Waals surface area contributed by atoms with E-state index in [1.807, 2.05) is 40.1 Å². The first-order valence-corrected chi connectivity index (χ1v) is 7.70. The summed E-state index contributed by atoms with van der Waals surface area (Å²) >= 11 is 1.56. The van der Waals surface area contributed by atoms with Gasteiger partial charge in [-0.1, -0.05) is 12.1 Å². The Morgan fingerprint density at radius 2 is 2.40 bits per heavy atom. The molecule has 1 aromatic heterocycles. The third kappa shape index (κ3) is 2.59. The lowest BCUT2D eigenvalue weighted by molar-refractivity contribution is 0.0656. The molecular weight excluding hydrogens is 270 g/mol. The van der Waals surface area contributed by atoms with Crippen LogP contribution in [0, 0.1) is 0 Å². The van der Waals surface area contributed by atoms with Gasteiger partial charge in [0.2, 0.25) is 0 Å². The maximum absolute atomic E-state index is 12.6. The van der Waals surface area contributed by atoms with Crippen LogP contribution in [0.15, 0.2) is 35.2 Å². The summed E-state index contributed by atoms with van der Waals surface area (Å²) in [5.74, 6) is 0.107. The molecule has 104 valence electrons. The third-order valence-electron chi connectivity index (χ3n) is 3.60. The number of carbonyl (C=O) groups excluding carboxylic acids is 1. The molecule has 1 saturated heterocycles. The third-order valence-corrected chi connectivity index (χ3v) is 4.19. The maximum Gasteiger partial charge on any atom is 0.254 e. The molecule has 2 heterocycles. The van der Waals surface area contributed by atoms with Crippen molar-refractivity contribution in [1.29, 1.82) is 0 Å². The number of benzene rings is 1. The molecule has 3 rings (SSSR count). The Kier molecular flexibility index (Phi) is 3.80. The first-order valence-electron chi connectivity index (χ1n) is 6.76. The van der Waals surface area contributed by atoms with Crippen LogP contribution in [0.4, 0.5) is 0 Å². The fourth-order valence-electron chi connectivity index (χ4n) is 2.48. The molecule has 2 aromatic rings. The molecule has 1 aliphatic heterocycles. The maximum atomic E-state index is 12.6. The van der Waals surface area contributed by atoms with Gasteiger partial charge >= 0.3 is 0 Å². The van der Waals surface area contributed by atoms with E-state index < -0.39 is 0 Å². The fourth-order valence-corrected chi connectivity index (χ4v) is 3.04. The van der Waals surface area contributed by atoms with Crippen LogP contribution in [0.1, 0.15) is 17.3 Å². The van der Waals surface area contributed by atoms with Crippen molar-refractivity contribution in [2.45, 2.75) is 13.0 Å². The second kappa shape index (κ2) is 5.73. The molecule has 1 amide bonds. The molecule has 1 atom stereocenters. The van der Waals surface area contributed by atoms with Gasteiger partial charge in [0.15, 0.2) is 0 Å². The number of thiazole rings is 1. The van der Waals surface area contributed by atoms with Crippen LogP contribution in [0.3, 0.4) is 0 Å². The highest BCUT2D eigenvalue weighted by atomic mass is 32.1. The number of hydrogen-bond acceptors (Lipinski definition) is 4. The van der Waals surface area contributed by atoms with Gasteiger partial charge in [0.25, 0.3) is 5.91 Å². The zero-order valence-electron chi connectivity index (χ0n) is 11.4. The lowest BCUT2D eigenvalue weighted by Gasteiger charge is -2.34. The van der Waals surface area contributed by atoms with E-state index in [4.69, 9.17) is 0 Å². The molecule has 0 radical (unpaired) electrons. The lowest BCUT2D eigenvalue weighted by atomic mass is 10.1. The largest absolute Gasteiger partial charge is 0.333 e. The Morgan fingerprint density at radius 3 is 3.15 bits per heavy atom. The number of piperazine rings is 1. The van der Waals surface area contributed by atoms with Crippen LogP contribution in [0.25, 0.3) is 11.3 Å². The van der Waals surface area contributed by atoms with Gasteiger partial charge in [-0.2, -0.15) is 0 Å². The molecular formula is C15H17N3OS. The average molecular weight is 287 g/mol. The number of nitrogens with zero attached hydrogens (tertiary/aromatic N) is 2. The van der Waals surface area contributed by atoms with Crippen molar-refractivity contribution >= 4 is 17.2 Å². The van der Waals surface area contributed by atoms with E-state index in [1.54, 1.807) is 11.3 Å². The number of carbonyl (C=O) groups is 1. The van der Waals surface area contributed by atoms with Crippen LogP contribution in [0.5, 0.6) is 0 Å². The van der Waals surface area contributed by atoms with E-state index in [2.05, 4.69) is 17.2 Å². The molecule has 0 unspecified atom stereocenters. The van der Waals surface area contributed by atoms with Gasteiger partial charge < -0.3 is 10.2 Å². The predicted octanol–water partition coefficient (Wildman–Crippen LogP) is 2.24. The number of hydrogen-bond donors (Lipinski definition) is 1. The van der Waals surface area contributed by atoms with E-state index in [1.165, 1.54) is 0 Å². The van der Waals surface area contributed by atoms with Gasteiger partial charge in [-0.05, 0) is 19.1 Å². The zero-order chi connectivity index (χ0) is 13.9. The minimum atomic E-state index is 0.107. The lowest BCUT2D eigenvalue weighted by Crippen LogP contribution is -2.52. The fraction of sp³-hybridized carbons (Fsp3) is 0.333. The minimum Gasteiger partial charge on any atom is -0.333 e. The van der Waals surface area contributed by atoms with Gasteiger partial charge in [-0.3, -0.25) is 4.79 Å². The summed E-state index contributed by atoms with van der Waals surface area (Å²) in [6, 6.07) is 7.97. The van der Waals surface area contributed by atoms with Gasteiger partial charge in [0.1, 0.15) is 0 Å². The van der Waals surface area contributed by atoms with E-state index in [0.717, 1.165) is 36.5 Å². The molecule has 1 N–H and O–H groups in total. The monoisotopic (exact) mass is 287 g/mol. The van der Waals surface area contributed by atoms with Crippen molar-refractivity contribution in [2.75, 3.05) is 19.6 Å². The van der Waals surface area contributed by atoms with Crippen molar-refractivity contribution in [3.63, 3.8) is 0 Å². The minimum absolute atomic E-state index is 0.107. The quantitative estimate of drug-likeness (QED) is 0.921. The normalized spacial score (nSPS) is 19.1. The van der Waals surface area contributed by atoms with Gasteiger partial charge in [0, 0.05) is 42.2 Å². The summed E-state index contributed by atoms with van der Waals surface area (Å²) in [5, 5.41) is 5.30. The summed E-state index contributed by atoms with van der Waals surface area (Å²) in [4.78, 5) is 18.9. The number of nitrogens with one attached hydrogen (secondary N) is 1. The summed E-state index contributed by atoms with van der Waals surface area (Å²) < 4.78 is 0. The SMILES string of the molecule is C[C@@H]1CNCCN1C(=O)c1cccc(-c2cscn2)c1. The molecule has 0 saturated carbocycles. The van der Waals surface area contributed by atoms with E-state index in [0.29, 0.717) is 0 Å². The van der Waals surface area contributed by atoms with E-state index in [9.17, 15) is 4.79 Å².